The van der Waals surface area contributed by atoms with Gasteiger partial charge in [-0.2, -0.15) is 5.10 Å². The topological polar surface area (TPSA) is 39.1 Å². The third kappa shape index (κ3) is 3.13. The van der Waals surface area contributed by atoms with Crippen molar-refractivity contribution in [3.05, 3.63) is 16.4 Å². The van der Waals surface area contributed by atoms with E-state index in [1.807, 2.05) is 6.20 Å². The van der Waals surface area contributed by atoms with Crippen LogP contribution in [0.2, 0.25) is 0 Å². The molecule has 5 heteroatoms. The first-order valence-corrected chi connectivity index (χ1v) is 7.57. The summed E-state index contributed by atoms with van der Waals surface area (Å²) in [6, 6.07) is 0.360. The molecule has 0 spiro atoms. The van der Waals surface area contributed by atoms with Crippen LogP contribution >= 0.6 is 15.9 Å². The van der Waals surface area contributed by atoms with Crippen LogP contribution in [0.4, 0.5) is 0 Å². The lowest BCUT2D eigenvalue weighted by molar-refractivity contribution is 0.181. The number of hydrogen-bond donors (Lipinski definition) is 1. The Morgan fingerprint density at radius 2 is 2.44 bits per heavy atom. The molecule has 1 aromatic heterocycles. The van der Waals surface area contributed by atoms with Crippen LogP contribution < -0.4 is 5.32 Å². The maximum Gasteiger partial charge on any atom is 0.0695 e. The number of rotatable bonds is 6. The van der Waals surface area contributed by atoms with Crippen molar-refractivity contribution in [1.29, 1.82) is 0 Å². The zero-order valence-corrected chi connectivity index (χ0v) is 12.7. The minimum Gasteiger partial charge on any atom is -0.381 e. The predicted octanol–water partition coefficient (Wildman–Crippen LogP) is 2.74. The van der Waals surface area contributed by atoms with Gasteiger partial charge in [0.2, 0.25) is 0 Å². The Labute approximate surface area is 117 Å². The maximum atomic E-state index is 5.48. The fraction of sp³-hybridized carbons (Fsp3) is 0.769. The fourth-order valence-electron chi connectivity index (χ4n) is 2.61. The van der Waals surface area contributed by atoms with E-state index >= 15 is 0 Å². The molecule has 1 aliphatic heterocycles. The van der Waals surface area contributed by atoms with Crippen molar-refractivity contribution in [2.75, 3.05) is 19.8 Å². The third-order valence-electron chi connectivity index (χ3n) is 3.51. The van der Waals surface area contributed by atoms with Gasteiger partial charge >= 0.3 is 0 Å². The van der Waals surface area contributed by atoms with E-state index in [2.05, 4.69) is 44.9 Å². The molecule has 0 amide bonds. The first-order chi connectivity index (χ1) is 8.76. The molecule has 1 aromatic rings. The van der Waals surface area contributed by atoms with Crippen molar-refractivity contribution in [3.8, 4) is 0 Å². The summed E-state index contributed by atoms with van der Waals surface area (Å²) in [4.78, 5) is 0. The molecule has 1 aliphatic rings. The van der Waals surface area contributed by atoms with Gasteiger partial charge in [0.05, 0.1) is 22.4 Å². The van der Waals surface area contributed by atoms with E-state index in [1.165, 1.54) is 12.1 Å². The zero-order chi connectivity index (χ0) is 13.0. The standard InChI is InChI=1S/C13H22BrN3O/c1-3-15-12(7-10-5-6-18-9-10)13-11(14)8-16-17(13)4-2/h8,10,12,15H,3-7,9H2,1-2H3. The first kappa shape index (κ1) is 14.0. The minimum atomic E-state index is 0.360. The molecule has 0 saturated carbocycles. The summed E-state index contributed by atoms with van der Waals surface area (Å²) in [7, 11) is 0. The highest BCUT2D eigenvalue weighted by atomic mass is 79.9. The molecule has 102 valence electrons. The molecule has 0 aromatic carbocycles. The maximum absolute atomic E-state index is 5.48. The molecule has 2 atom stereocenters. The van der Waals surface area contributed by atoms with Gasteiger partial charge in [-0.1, -0.05) is 6.92 Å². The SMILES string of the molecule is CCNC(CC1CCOC1)c1c(Br)cnn1CC. The Morgan fingerprint density at radius 3 is 3.06 bits per heavy atom. The molecular weight excluding hydrogens is 294 g/mol. The number of aryl methyl sites for hydroxylation is 1. The summed E-state index contributed by atoms with van der Waals surface area (Å²) in [5.74, 6) is 0.668. The largest absolute Gasteiger partial charge is 0.381 e. The van der Waals surface area contributed by atoms with Crippen molar-refractivity contribution in [2.24, 2.45) is 5.92 Å². The molecule has 1 saturated heterocycles. The van der Waals surface area contributed by atoms with Crippen LogP contribution in [0.5, 0.6) is 0 Å². The van der Waals surface area contributed by atoms with E-state index in [4.69, 9.17) is 4.74 Å². The Hall–Kier alpha value is -0.390. The Balaban J connectivity index is 2.14. The number of nitrogens with zero attached hydrogens (tertiary/aromatic N) is 2. The van der Waals surface area contributed by atoms with Crippen LogP contribution in [0.1, 0.15) is 38.4 Å². The van der Waals surface area contributed by atoms with Crippen molar-refractivity contribution < 1.29 is 4.74 Å². The van der Waals surface area contributed by atoms with Crippen LogP contribution in [0, 0.1) is 5.92 Å². The summed E-state index contributed by atoms with van der Waals surface area (Å²) < 4.78 is 8.66. The van der Waals surface area contributed by atoms with Crippen molar-refractivity contribution in [3.63, 3.8) is 0 Å². The Bertz CT molecular complexity index is 374. The van der Waals surface area contributed by atoms with Crippen molar-refractivity contribution >= 4 is 15.9 Å². The molecule has 4 nitrogen and oxygen atoms in total. The summed E-state index contributed by atoms with van der Waals surface area (Å²) in [6.45, 7) is 7.98. The average Bonchev–Trinajstić information content (AvgIpc) is 2.98. The summed E-state index contributed by atoms with van der Waals surface area (Å²) in [5.41, 5.74) is 1.27. The molecule has 0 radical (unpaired) electrons. The van der Waals surface area contributed by atoms with E-state index in [9.17, 15) is 0 Å². The quantitative estimate of drug-likeness (QED) is 0.877. The molecule has 1 fully saturated rings. The van der Waals surface area contributed by atoms with Gasteiger partial charge in [0, 0.05) is 19.8 Å². The van der Waals surface area contributed by atoms with Crippen molar-refractivity contribution in [1.82, 2.24) is 15.1 Å². The lowest BCUT2D eigenvalue weighted by atomic mass is 9.97. The monoisotopic (exact) mass is 315 g/mol. The van der Waals surface area contributed by atoms with E-state index in [0.29, 0.717) is 12.0 Å². The van der Waals surface area contributed by atoms with Crippen LogP contribution in [-0.2, 0) is 11.3 Å². The highest BCUT2D eigenvalue weighted by Crippen LogP contribution is 2.30. The van der Waals surface area contributed by atoms with E-state index in [0.717, 1.165) is 37.2 Å². The second-order valence-corrected chi connectivity index (χ2v) is 5.62. The molecule has 18 heavy (non-hydrogen) atoms. The van der Waals surface area contributed by atoms with Gasteiger partial charge in [-0.25, -0.2) is 0 Å². The normalized spacial score (nSPS) is 21.4. The Kier molecular flexibility index (Phi) is 5.21. The second kappa shape index (κ2) is 6.68. The third-order valence-corrected chi connectivity index (χ3v) is 4.12. The molecule has 2 rings (SSSR count). The molecular formula is C13H22BrN3O. The number of aromatic nitrogens is 2. The van der Waals surface area contributed by atoms with Gasteiger partial charge in [0.1, 0.15) is 0 Å². The average molecular weight is 316 g/mol. The molecule has 2 unspecified atom stereocenters. The highest BCUT2D eigenvalue weighted by molar-refractivity contribution is 9.10. The number of halogens is 1. The van der Waals surface area contributed by atoms with Crippen molar-refractivity contribution in [2.45, 2.75) is 39.3 Å². The lowest BCUT2D eigenvalue weighted by Crippen LogP contribution is -2.26. The second-order valence-electron chi connectivity index (χ2n) is 4.77. The minimum absolute atomic E-state index is 0.360. The molecule has 0 aliphatic carbocycles. The number of hydrogen-bond acceptors (Lipinski definition) is 3. The predicted molar refractivity (Wildman–Crippen MR) is 75.6 cm³/mol. The zero-order valence-electron chi connectivity index (χ0n) is 11.2. The smallest absolute Gasteiger partial charge is 0.0695 e. The summed E-state index contributed by atoms with van der Waals surface area (Å²) in [6.07, 6.45) is 4.20. The highest BCUT2D eigenvalue weighted by Gasteiger charge is 2.25. The van der Waals surface area contributed by atoms with Crippen LogP contribution in [0.15, 0.2) is 10.7 Å². The van der Waals surface area contributed by atoms with Crippen LogP contribution in [0.3, 0.4) is 0 Å². The first-order valence-electron chi connectivity index (χ1n) is 6.78. The van der Waals surface area contributed by atoms with E-state index in [1.54, 1.807) is 0 Å². The van der Waals surface area contributed by atoms with Crippen LogP contribution in [0.25, 0.3) is 0 Å². The van der Waals surface area contributed by atoms with E-state index in [-0.39, 0.29) is 0 Å². The van der Waals surface area contributed by atoms with E-state index < -0.39 is 0 Å². The van der Waals surface area contributed by atoms with Gasteiger partial charge in [-0.3, -0.25) is 4.68 Å². The molecule has 2 heterocycles. The van der Waals surface area contributed by atoms with Gasteiger partial charge < -0.3 is 10.1 Å². The Morgan fingerprint density at radius 1 is 1.61 bits per heavy atom. The van der Waals surface area contributed by atoms with Gasteiger partial charge in [-0.05, 0) is 48.2 Å². The number of nitrogens with one attached hydrogen (secondary N) is 1. The van der Waals surface area contributed by atoms with Crippen LogP contribution in [-0.4, -0.2) is 29.5 Å². The van der Waals surface area contributed by atoms with Gasteiger partial charge in [0.15, 0.2) is 0 Å². The summed E-state index contributed by atoms with van der Waals surface area (Å²) in [5, 5.41) is 7.99. The lowest BCUT2D eigenvalue weighted by Gasteiger charge is -2.22. The van der Waals surface area contributed by atoms with Gasteiger partial charge in [-0.15, -0.1) is 0 Å². The molecule has 1 N–H and O–H groups in total. The molecule has 0 bridgehead atoms. The summed E-state index contributed by atoms with van der Waals surface area (Å²) >= 11 is 3.62. The van der Waals surface area contributed by atoms with Gasteiger partial charge in [0.25, 0.3) is 0 Å². The fourth-order valence-corrected chi connectivity index (χ4v) is 3.18. The number of ether oxygens (including phenoxy) is 1.